The summed E-state index contributed by atoms with van der Waals surface area (Å²) in [5, 5.41) is 14.4. The van der Waals surface area contributed by atoms with Gasteiger partial charge in [0.1, 0.15) is 18.1 Å². The first-order chi connectivity index (χ1) is 12.1. The number of nitrogens with one attached hydrogen (secondary N) is 2. The fourth-order valence-corrected chi connectivity index (χ4v) is 2.99. The normalized spacial score (nSPS) is 19.3. The summed E-state index contributed by atoms with van der Waals surface area (Å²) in [6.07, 6.45) is 1.09. The number of carbonyl (C=O) groups excluding carboxylic acids is 3. The Balaban J connectivity index is 2.90. The summed E-state index contributed by atoms with van der Waals surface area (Å²) in [6.45, 7) is 7.15. The third kappa shape index (κ3) is 5.42. The lowest BCUT2D eigenvalue weighted by atomic mass is 10.0. The molecule has 1 heterocycles. The van der Waals surface area contributed by atoms with Crippen molar-refractivity contribution in [2.24, 2.45) is 17.6 Å². The largest absolute Gasteiger partial charge is 0.480 e. The number of hydrogen-bond acceptors (Lipinski definition) is 5. The molecule has 0 aliphatic carbocycles. The van der Waals surface area contributed by atoms with Crippen LogP contribution in [0.1, 0.15) is 40.5 Å². The lowest BCUT2D eigenvalue weighted by Gasteiger charge is -2.31. The van der Waals surface area contributed by atoms with Gasteiger partial charge in [0.2, 0.25) is 17.7 Å². The Hall–Kier alpha value is -2.16. The quantitative estimate of drug-likeness (QED) is 0.445. The SMILES string of the molecule is CC(C)C(NC(=O)C1CCCN1C(=O)C(NC(=O)CN)C(C)C)C(=O)O. The highest BCUT2D eigenvalue weighted by Gasteiger charge is 2.39. The van der Waals surface area contributed by atoms with Crippen LogP contribution < -0.4 is 16.4 Å². The van der Waals surface area contributed by atoms with E-state index in [0.717, 1.165) is 0 Å². The Morgan fingerprint density at radius 2 is 1.65 bits per heavy atom. The molecule has 0 radical (unpaired) electrons. The van der Waals surface area contributed by atoms with Crippen molar-refractivity contribution in [1.29, 1.82) is 0 Å². The van der Waals surface area contributed by atoms with Gasteiger partial charge in [0.15, 0.2) is 0 Å². The topological polar surface area (TPSA) is 142 Å². The molecule has 1 rings (SSSR count). The molecular weight excluding hydrogens is 340 g/mol. The third-order valence-corrected chi connectivity index (χ3v) is 4.50. The maximum atomic E-state index is 12.9. The van der Waals surface area contributed by atoms with E-state index in [9.17, 15) is 24.3 Å². The molecule has 0 saturated carbocycles. The van der Waals surface area contributed by atoms with E-state index in [4.69, 9.17) is 5.73 Å². The van der Waals surface area contributed by atoms with E-state index in [1.54, 1.807) is 27.7 Å². The molecule has 9 heteroatoms. The molecular formula is C17H30N4O5. The number of nitrogens with zero attached hydrogens (tertiary/aromatic N) is 1. The first-order valence-corrected chi connectivity index (χ1v) is 8.93. The second kappa shape index (κ2) is 9.51. The number of carbonyl (C=O) groups is 4. The van der Waals surface area contributed by atoms with Crippen molar-refractivity contribution < 1.29 is 24.3 Å². The molecule has 9 nitrogen and oxygen atoms in total. The standard InChI is InChI=1S/C17H30N4O5/c1-9(2)13(19-12(22)8-18)16(24)21-7-5-6-11(21)15(23)20-14(10(3)4)17(25)26/h9-11,13-14H,5-8,18H2,1-4H3,(H,19,22)(H,20,23)(H,25,26). The van der Waals surface area contributed by atoms with Gasteiger partial charge in [0, 0.05) is 6.54 Å². The summed E-state index contributed by atoms with van der Waals surface area (Å²) in [5.74, 6) is -2.85. The molecule has 5 N–H and O–H groups in total. The molecule has 0 bridgehead atoms. The molecule has 1 saturated heterocycles. The van der Waals surface area contributed by atoms with Gasteiger partial charge in [-0.25, -0.2) is 4.79 Å². The summed E-state index contributed by atoms with van der Waals surface area (Å²) in [4.78, 5) is 49.8. The number of likely N-dealkylation sites (tertiary alicyclic amines) is 1. The average molecular weight is 370 g/mol. The number of rotatable bonds is 8. The summed E-state index contributed by atoms with van der Waals surface area (Å²) >= 11 is 0. The lowest BCUT2D eigenvalue weighted by molar-refractivity contribution is -0.146. The van der Waals surface area contributed by atoms with Gasteiger partial charge in [-0.1, -0.05) is 27.7 Å². The molecule has 0 spiro atoms. The maximum Gasteiger partial charge on any atom is 0.326 e. The van der Waals surface area contributed by atoms with Crippen LogP contribution in [0, 0.1) is 11.8 Å². The van der Waals surface area contributed by atoms with Crippen LogP contribution in [0.2, 0.25) is 0 Å². The van der Waals surface area contributed by atoms with Crippen molar-refractivity contribution in [1.82, 2.24) is 15.5 Å². The van der Waals surface area contributed by atoms with E-state index in [1.807, 2.05) is 0 Å². The number of carboxylic acids is 1. The maximum absolute atomic E-state index is 12.9. The highest BCUT2D eigenvalue weighted by atomic mass is 16.4. The molecule has 148 valence electrons. The van der Waals surface area contributed by atoms with Crippen molar-refractivity contribution in [2.45, 2.75) is 58.7 Å². The predicted octanol–water partition coefficient (Wildman–Crippen LogP) is -0.698. The van der Waals surface area contributed by atoms with Crippen LogP contribution >= 0.6 is 0 Å². The Bertz CT molecular complexity index is 549. The van der Waals surface area contributed by atoms with E-state index in [0.29, 0.717) is 19.4 Å². The third-order valence-electron chi connectivity index (χ3n) is 4.50. The van der Waals surface area contributed by atoms with Crippen molar-refractivity contribution in [2.75, 3.05) is 13.1 Å². The molecule has 1 fully saturated rings. The Morgan fingerprint density at radius 3 is 2.12 bits per heavy atom. The van der Waals surface area contributed by atoms with Gasteiger partial charge in [0.05, 0.1) is 6.54 Å². The smallest absolute Gasteiger partial charge is 0.326 e. The van der Waals surface area contributed by atoms with Crippen molar-refractivity contribution in [3.63, 3.8) is 0 Å². The summed E-state index contributed by atoms with van der Waals surface area (Å²) < 4.78 is 0. The van der Waals surface area contributed by atoms with Crippen LogP contribution in [0.4, 0.5) is 0 Å². The van der Waals surface area contributed by atoms with Crippen LogP contribution in [0.3, 0.4) is 0 Å². The fourth-order valence-electron chi connectivity index (χ4n) is 2.99. The number of aliphatic carboxylic acids is 1. The summed E-state index contributed by atoms with van der Waals surface area (Å²) in [5.41, 5.74) is 5.30. The molecule has 1 aliphatic heterocycles. The average Bonchev–Trinajstić information content (AvgIpc) is 3.05. The molecule has 3 atom stereocenters. The van der Waals surface area contributed by atoms with Crippen LogP contribution in [0.15, 0.2) is 0 Å². The van der Waals surface area contributed by atoms with Gasteiger partial charge < -0.3 is 26.4 Å². The molecule has 26 heavy (non-hydrogen) atoms. The molecule has 0 aromatic rings. The van der Waals surface area contributed by atoms with Crippen molar-refractivity contribution in [3.05, 3.63) is 0 Å². The van der Waals surface area contributed by atoms with E-state index < -0.39 is 35.9 Å². The fraction of sp³-hybridized carbons (Fsp3) is 0.765. The molecule has 3 unspecified atom stereocenters. The zero-order valence-electron chi connectivity index (χ0n) is 15.8. The Labute approximate surface area is 153 Å². The van der Waals surface area contributed by atoms with Gasteiger partial charge in [-0.15, -0.1) is 0 Å². The number of hydrogen-bond donors (Lipinski definition) is 4. The first kappa shape index (κ1) is 21.9. The highest BCUT2D eigenvalue weighted by Crippen LogP contribution is 2.21. The monoisotopic (exact) mass is 370 g/mol. The van der Waals surface area contributed by atoms with E-state index in [2.05, 4.69) is 10.6 Å². The summed E-state index contributed by atoms with van der Waals surface area (Å²) in [6, 6.07) is -2.53. The van der Waals surface area contributed by atoms with Crippen LogP contribution in [0.5, 0.6) is 0 Å². The second-order valence-corrected chi connectivity index (χ2v) is 7.25. The van der Waals surface area contributed by atoms with Gasteiger partial charge in [-0.2, -0.15) is 0 Å². The zero-order valence-corrected chi connectivity index (χ0v) is 15.8. The Morgan fingerprint density at radius 1 is 1.08 bits per heavy atom. The van der Waals surface area contributed by atoms with Crippen LogP contribution in [-0.4, -0.2) is 64.9 Å². The van der Waals surface area contributed by atoms with Crippen LogP contribution in [0.25, 0.3) is 0 Å². The van der Waals surface area contributed by atoms with E-state index in [1.165, 1.54) is 4.90 Å². The van der Waals surface area contributed by atoms with Crippen molar-refractivity contribution in [3.8, 4) is 0 Å². The van der Waals surface area contributed by atoms with Gasteiger partial charge in [-0.3, -0.25) is 14.4 Å². The first-order valence-electron chi connectivity index (χ1n) is 8.93. The highest BCUT2D eigenvalue weighted by molar-refractivity contribution is 5.94. The number of amides is 3. The van der Waals surface area contributed by atoms with E-state index in [-0.39, 0.29) is 24.3 Å². The van der Waals surface area contributed by atoms with E-state index >= 15 is 0 Å². The van der Waals surface area contributed by atoms with Gasteiger partial charge >= 0.3 is 5.97 Å². The second-order valence-electron chi connectivity index (χ2n) is 7.25. The number of nitrogens with two attached hydrogens (primary N) is 1. The lowest BCUT2D eigenvalue weighted by Crippen LogP contribution is -2.57. The van der Waals surface area contributed by atoms with Crippen molar-refractivity contribution >= 4 is 23.7 Å². The molecule has 1 aliphatic rings. The predicted molar refractivity (Wildman–Crippen MR) is 95.0 cm³/mol. The van der Waals surface area contributed by atoms with Crippen LogP contribution in [-0.2, 0) is 19.2 Å². The van der Waals surface area contributed by atoms with Gasteiger partial charge in [0.25, 0.3) is 0 Å². The van der Waals surface area contributed by atoms with Gasteiger partial charge in [-0.05, 0) is 24.7 Å². The zero-order chi connectivity index (χ0) is 20.0. The molecule has 0 aromatic heterocycles. The minimum absolute atomic E-state index is 0.176. The minimum atomic E-state index is -1.11. The number of carboxylic acid groups (broad SMARTS) is 1. The summed E-state index contributed by atoms with van der Waals surface area (Å²) in [7, 11) is 0. The Kier molecular flexibility index (Phi) is 8.01. The minimum Gasteiger partial charge on any atom is -0.480 e. The molecule has 0 aromatic carbocycles. The molecule has 3 amide bonds.